The van der Waals surface area contributed by atoms with Gasteiger partial charge in [0.05, 0.1) is 12.8 Å². The molecule has 0 unspecified atom stereocenters. The number of halogens is 3. The fraction of sp³-hybridized carbons (Fsp3) is 0.300. The van der Waals surface area contributed by atoms with E-state index in [1.165, 1.54) is 6.92 Å². The number of phenols is 1. The van der Waals surface area contributed by atoms with Crippen molar-refractivity contribution in [3.63, 3.8) is 0 Å². The van der Waals surface area contributed by atoms with E-state index in [9.17, 15) is 9.90 Å². The lowest BCUT2D eigenvalue weighted by Crippen LogP contribution is -2.29. The van der Waals surface area contributed by atoms with Crippen LogP contribution in [0, 0.1) is 10.7 Å². The highest BCUT2D eigenvalue weighted by Gasteiger charge is 2.20. The second kappa shape index (κ2) is 6.03. The summed E-state index contributed by atoms with van der Waals surface area (Å²) in [5.74, 6) is 0.232. The number of hydrogen-bond acceptors (Lipinski definition) is 2. The lowest BCUT2D eigenvalue weighted by Gasteiger charge is -2.23. The van der Waals surface area contributed by atoms with Gasteiger partial charge in [0, 0.05) is 17.0 Å². The summed E-state index contributed by atoms with van der Waals surface area (Å²) in [5.41, 5.74) is 0.800. The van der Waals surface area contributed by atoms with Gasteiger partial charge in [-0.25, -0.2) is 0 Å². The lowest BCUT2D eigenvalue weighted by molar-refractivity contribution is -0.116. The fourth-order valence-electron chi connectivity index (χ4n) is 1.36. The number of benzene rings is 1. The molecular weight excluding hydrogens is 547 g/mol. The third-order valence-corrected chi connectivity index (χ3v) is 4.75. The Balaban J connectivity index is 3.43. The van der Waals surface area contributed by atoms with Crippen LogP contribution in [0.4, 0.5) is 5.69 Å². The molecule has 1 aromatic rings. The van der Waals surface area contributed by atoms with E-state index < -0.39 is 0 Å². The summed E-state index contributed by atoms with van der Waals surface area (Å²) in [6.07, 6.45) is 0. The molecule has 0 radical (unpaired) electrons. The van der Waals surface area contributed by atoms with Gasteiger partial charge in [0.15, 0.2) is 0 Å². The molecule has 0 spiro atoms. The van der Waals surface area contributed by atoms with E-state index >= 15 is 0 Å². The Hall–Kier alpha value is 0.680. The van der Waals surface area contributed by atoms with Crippen LogP contribution in [0.25, 0.3) is 0 Å². The van der Waals surface area contributed by atoms with Gasteiger partial charge in [-0.1, -0.05) is 0 Å². The van der Waals surface area contributed by atoms with E-state index in [4.69, 9.17) is 0 Å². The molecule has 1 amide bonds. The summed E-state index contributed by atoms with van der Waals surface area (Å²) in [7, 11) is 0. The Morgan fingerprint density at radius 1 is 1.38 bits per heavy atom. The van der Waals surface area contributed by atoms with Crippen LogP contribution in [0.15, 0.2) is 6.07 Å². The minimum Gasteiger partial charge on any atom is -0.506 e. The van der Waals surface area contributed by atoms with Gasteiger partial charge in [-0.2, -0.15) is 0 Å². The fourth-order valence-corrected chi connectivity index (χ4v) is 5.31. The predicted molar refractivity (Wildman–Crippen MR) is 90.0 cm³/mol. The zero-order chi connectivity index (χ0) is 12.5. The first-order chi connectivity index (χ1) is 7.40. The number of hydrogen-bond donors (Lipinski definition) is 1. The first kappa shape index (κ1) is 14.7. The highest BCUT2D eigenvalue weighted by atomic mass is 127. The van der Waals surface area contributed by atoms with Crippen LogP contribution in [0.2, 0.25) is 0 Å². The lowest BCUT2D eigenvalue weighted by atomic mass is 10.2. The highest BCUT2D eigenvalue weighted by molar-refractivity contribution is 14.1. The summed E-state index contributed by atoms with van der Waals surface area (Å²) in [6.45, 7) is 4.05. The minimum absolute atomic E-state index is 0.0149. The van der Waals surface area contributed by atoms with Crippen molar-refractivity contribution in [3.8, 4) is 5.75 Å². The van der Waals surface area contributed by atoms with Crippen LogP contribution in [0.3, 0.4) is 0 Å². The molecule has 0 atom stereocenters. The summed E-state index contributed by atoms with van der Waals surface area (Å²) in [6, 6.07) is 1.87. The minimum atomic E-state index is -0.0149. The van der Waals surface area contributed by atoms with Crippen molar-refractivity contribution in [2.75, 3.05) is 11.4 Å². The maximum Gasteiger partial charge on any atom is 0.223 e. The van der Waals surface area contributed by atoms with E-state index in [1.807, 2.05) is 13.0 Å². The van der Waals surface area contributed by atoms with Gasteiger partial charge in [0.25, 0.3) is 0 Å². The van der Waals surface area contributed by atoms with Crippen molar-refractivity contribution < 1.29 is 9.90 Å². The largest absolute Gasteiger partial charge is 0.506 e. The van der Waals surface area contributed by atoms with Crippen molar-refractivity contribution >= 4 is 79.4 Å². The molecule has 0 bridgehead atoms. The number of carbonyl (C=O) groups excluding carboxylic acids is 1. The SMILES string of the molecule is CCN(C(C)=O)c1c(I)cc(I)c(O)c1I. The predicted octanol–water partition coefficient (Wildman–Crippen LogP) is 3.58. The number of anilines is 1. The topological polar surface area (TPSA) is 40.5 Å². The Bertz CT molecular complexity index is 435. The summed E-state index contributed by atoms with van der Waals surface area (Å²) < 4.78 is 2.50. The van der Waals surface area contributed by atoms with E-state index in [1.54, 1.807) is 4.90 Å². The van der Waals surface area contributed by atoms with Crippen LogP contribution < -0.4 is 4.90 Å². The van der Waals surface area contributed by atoms with E-state index in [2.05, 4.69) is 67.8 Å². The van der Waals surface area contributed by atoms with Crippen molar-refractivity contribution in [1.29, 1.82) is 0 Å². The van der Waals surface area contributed by atoms with Gasteiger partial charge in [0.1, 0.15) is 5.75 Å². The summed E-state index contributed by atoms with van der Waals surface area (Å²) in [4.78, 5) is 13.2. The molecule has 16 heavy (non-hydrogen) atoms. The molecule has 0 aliphatic heterocycles. The summed E-state index contributed by atoms with van der Waals surface area (Å²) in [5, 5.41) is 9.88. The monoisotopic (exact) mass is 557 g/mol. The molecule has 1 aromatic carbocycles. The van der Waals surface area contributed by atoms with Crippen molar-refractivity contribution in [3.05, 3.63) is 16.8 Å². The number of amides is 1. The number of carbonyl (C=O) groups is 1. The highest BCUT2D eigenvalue weighted by Crippen LogP contribution is 2.38. The molecule has 6 heteroatoms. The Morgan fingerprint density at radius 3 is 2.38 bits per heavy atom. The third-order valence-electron chi connectivity index (χ3n) is 2.09. The molecule has 0 saturated carbocycles. The molecule has 0 aromatic heterocycles. The molecule has 0 heterocycles. The van der Waals surface area contributed by atoms with Crippen molar-refractivity contribution in [2.45, 2.75) is 13.8 Å². The molecule has 0 aliphatic carbocycles. The van der Waals surface area contributed by atoms with E-state index in [0.29, 0.717) is 6.54 Å². The van der Waals surface area contributed by atoms with Crippen LogP contribution in [0.1, 0.15) is 13.8 Å². The molecule has 3 nitrogen and oxygen atoms in total. The third kappa shape index (κ3) is 2.92. The molecule has 1 rings (SSSR count). The molecule has 0 saturated heterocycles. The maximum absolute atomic E-state index is 11.5. The zero-order valence-corrected chi connectivity index (χ0v) is 15.2. The van der Waals surface area contributed by atoms with Gasteiger partial charge in [0.2, 0.25) is 5.91 Å². The standard InChI is InChI=1S/C10H10I3NO2/c1-3-14(5(2)15)9-6(11)4-7(12)10(16)8(9)13/h4,16H,3H2,1-2H3. The van der Waals surface area contributed by atoms with Gasteiger partial charge in [-0.05, 0) is 80.8 Å². The van der Waals surface area contributed by atoms with Gasteiger partial charge >= 0.3 is 0 Å². The van der Waals surface area contributed by atoms with Crippen LogP contribution >= 0.6 is 67.8 Å². The van der Waals surface area contributed by atoms with Gasteiger partial charge in [-0.15, -0.1) is 0 Å². The molecular formula is C10H10I3NO2. The first-order valence-corrected chi connectivity index (χ1v) is 7.78. The van der Waals surface area contributed by atoms with Gasteiger partial charge < -0.3 is 10.0 Å². The number of phenolic OH excluding ortho intramolecular Hbond substituents is 1. The number of aromatic hydroxyl groups is 1. The molecule has 88 valence electrons. The smallest absolute Gasteiger partial charge is 0.223 e. The Labute approximate surface area is 135 Å². The van der Waals surface area contributed by atoms with Crippen LogP contribution in [-0.4, -0.2) is 17.6 Å². The number of nitrogens with zero attached hydrogens (tertiary/aromatic N) is 1. The molecule has 0 aliphatic rings. The summed E-state index contributed by atoms with van der Waals surface area (Å²) >= 11 is 6.34. The number of rotatable bonds is 2. The zero-order valence-electron chi connectivity index (χ0n) is 8.72. The normalized spacial score (nSPS) is 10.3. The quantitative estimate of drug-likeness (QED) is 0.566. The second-order valence-electron chi connectivity index (χ2n) is 3.11. The van der Waals surface area contributed by atoms with E-state index in [-0.39, 0.29) is 11.7 Å². The second-order valence-corrected chi connectivity index (χ2v) is 6.52. The molecule has 1 N–H and O–H groups in total. The Morgan fingerprint density at radius 2 is 1.94 bits per heavy atom. The van der Waals surface area contributed by atoms with Gasteiger partial charge in [-0.3, -0.25) is 4.79 Å². The average molecular weight is 557 g/mol. The first-order valence-electron chi connectivity index (χ1n) is 4.54. The Kier molecular flexibility index (Phi) is 5.55. The van der Waals surface area contributed by atoms with Crippen molar-refractivity contribution in [2.24, 2.45) is 0 Å². The average Bonchev–Trinajstić information content (AvgIpc) is 2.20. The van der Waals surface area contributed by atoms with Crippen molar-refractivity contribution in [1.82, 2.24) is 0 Å². The van der Waals surface area contributed by atoms with E-state index in [0.717, 1.165) is 16.4 Å². The van der Waals surface area contributed by atoms with Crippen LogP contribution in [-0.2, 0) is 4.79 Å². The molecule has 0 fully saturated rings. The van der Waals surface area contributed by atoms with Crippen LogP contribution in [0.5, 0.6) is 5.75 Å². The maximum atomic E-state index is 11.5.